The van der Waals surface area contributed by atoms with E-state index in [4.69, 9.17) is 15.3 Å². The second-order valence-corrected chi connectivity index (χ2v) is 2.68. The van der Waals surface area contributed by atoms with Crippen molar-refractivity contribution < 1.29 is 34.1 Å². The molecule has 0 aromatic carbocycles. The van der Waals surface area contributed by atoms with E-state index in [0.717, 1.165) is 0 Å². The Morgan fingerprint density at radius 3 is 1.67 bits per heavy atom. The highest BCUT2D eigenvalue weighted by Crippen LogP contribution is 2.22. The fourth-order valence-corrected chi connectivity index (χ4v) is 1.13. The maximum absolute atomic E-state index is 10.7. The predicted octanol–water partition coefficient (Wildman–Crippen LogP) is 0.683. The van der Waals surface area contributed by atoms with Crippen molar-refractivity contribution in [3.8, 4) is 0 Å². The molecule has 0 bridgehead atoms. The number of furan rings is 1. The molecule has 0 amide bonds. The summed E-state index contributed by atoms with van der Waals surface area (Å²) in [4.78, 5) is 31.8. The molecule has 0 saturated carbocycles. The Bertz CT molecular complexity index is 454. The molecule has 0 atom stereocenters. The highest BCUT2D eigenvalue weighted by molar-refractivity contribution is 6.03. The Morgan fingerprint density at radius 1 is 0.933 bits per heavy atom. The molecule has 0 aliphatic heterocycles. The first kappa shape index (κ1) is 10.8. The monoisotopic (exact) mass is 214 g/mol. The van der Waals surface area contributed by atoms with Crippen molar-refractivity contribution in [1.29, 1.82) is 0 Å². The van der Waals surface area contributed by atoms with Crippen molar-refractivity contribution in [3.05, 3.63) is 22.6 Å². The van der Waals surface area contributed by atoms with Crippen molar-refractivity contribution >= 4 is 17.9 Å². The highest BCUT2D eigenvalue weighted by atomic mass is 16.4. The molecule has 1 aromatic rings. The molecule has 7 nitrogen and oxygen atoms in total. The zero-order valence-electron chi connectivity index (χ0n) is 7.47. The minimum atomic E-state index is -1.62. The maximum Gasteiger partial charge on any atom is 0.372 e. The lowest BCUT2D eigenvalue weighted by atomic mass is 10.1. The maximum atomic E-state index is 10.7. The summed E-state index contributed by atoms with van der Waals surface area (Å²) in [6, 6.07) is 0. The van der Waals surface area contributed by atoms with Gasteiger partial charge in [0.15, 0.2) is 0 Å². The topological polar surface area (TPSA) is 125 Å². The standard InChI is InChI=1S/C8H6O7/c1-2-3(6(9)10)5(8(13)14)15-4(2)7(11)12/h1H3,(H,9,10)(H,11,12)(H,13,14). The van der Waals surface area contributed by atoms with Crippen LogP contribution in [0.3, 0.4) is 0 Å². The fraction of sp³-hybridized carbons (Fsp3) is 0.125. The Balaban J connectivity index is 3.53. The van der Waals surface area contributed by atoms with Gasteiger partial charge < -0.3 is 19.7 Å². The molecule has 0 unspecified atom stereocenters. The SMILES string of the molecule is Cc1c(C(=O)O)oc(C(=O)O)c1C(=O)O. The number of carboxylic acids is 3. The van der Waals surface area contributed by atoms with E-state index in [-0.39, 0.29) is 5.56 Å². The third-order valence-corrected chi connectivity index (χ3v) is 1.75. The summed E-state index contributed by atoms with van der Waals surface area (Å²) in [5.74, 6) is -6.23. The summed E-state index contributed by atoms with van der Waals surface area (Å²) < 4.78 is 4.45. The quantitative estimate of drug-likeness (QED) is 0.675. The lowest BCUT2D eigenvalue weighted by Gasteiger charge is -1.91. The molecule has 1 aromatic heterocycles. The van der Waals surface area contributed by atoms with E-state index in [1.807, 2.05) is 0 Å². The molecule has 0 saturated heterocycles. The first-order valence-electron chi connectivity index (χ1n) is 3.69. The van der Waals surface area contributed by atoms with E-state index in [1.165, 1.54) is 6.92 Å². The number of carbonyl (C=O) groups is 3. The fourth-order valence-electron chi connectivity index (χ4n) is 1.13. The Kier molecular flexibility index (Phi) is 2.47. The molecule has 1 rings (SSSR count). The third-order valence-electron chi connectivity index (χ3n) is 1.75. The molecule has 0 radical (unpaired) electrons. The van der Waals surface area contributed by atoms with Crippen molar-refractivity contribution in [2.24, 2.45) is 0 Å². The van der Waals surface area contributed by atoms with Gasteiger partial charge in [0.25, 0.3) is 0 Å². The predicted molar refractivity (Wildman–Crippen MR) is 44.3 cm³/mol. The number of rotatable bonds is 3. The number of hydrogen-bond donors (Lipinski definition) is 3. The molecule has 15 heavy (non-hydrogen) atoms. The smallest absolute Gasteiger partial charge is 0.372 e. The molecule has 80 valence electrons. The van der Waals surface area contributed by atoms with E-state index < -0.39 is 35.0 Å². The van der Waals surface area contributed by atoms with Crippen LogP contribution in [0.5, 0.6) is 0 Å². The van der Waals surface area contributed by atoms with Crippen LogP contribution in [0.2, 0.25) is 0 Å². The first-order chi connectivity index (χ1) is 6.86. The summed E-state index contributed by atoms with van der Waals surface area (Å²) in [7, 11) is 0. The average molecular weight is 214 g/mol. The largest absolute Gasteiger partial charge is 0.478 e. The second-order valence-electron chi connectivity index (χ2n) is 2.68. The lowest BCUT2D eigenvalue weighted by molar-refractivity contribution is 0.0608. The van der Waals surface area contributed by atoms with Gasteiger partial charge in [-0.3, -0.25) is 0 Å². The van der Waals surface area contributed by atoms with Gasteiger partial charge in [0.1, 0.15) is 5.56 Å². The summed E-state index contributed by atoms with van der Waals surface area (Å²) in [5, 5.41) is 25.8. The molecular weight excluding hydrogens is 208 g/mol. The van der Waals surface area contributed by atoms with E-state index in [0.29, 0.717) is 0 Å². The lowest BCUT2D eigenvalue weighted by Crippen LogP contribution is -2.06. The van der Waals surface area contributed by atoms with Crippen molar-refractivity contribution in [3.63, 3.8) is 0 Å². The van der Waals surface area contributed by atoms with Gasteiger partial charge in [-0.25, -0.2) is 14.4 Å². The van der Waals surface area contributed by atoms with Crippen molar-refractivity contribution in [2.45, 2.75) is 6.92 Å². The van der Waals surface area contributed by atoms with Gasteiger partial charge in [-0.15, -0.1) is 0 Å². The van der Waals surface area contributed by atoms with Gasteiger partial charge in [-0.05, 0) is 6.92 Å². The van der Waals surface area contributed by atoms with Crippen LogP contribution in [0.15, 0.2) is 4.42 Å². The summed E-state index contributed by atoms with van der Waals surface area (Å²) in [5.41, 5.74) is -0.854. The summed E-state index contributed by atoms with van der Waals surface area (Å²) in [6.45, 7) is 1.17. The van der Waals surface area contributed by atoms with E-state index in [9.17, 15) is 14.4 Å². The number of aromatic carboxylic acids is 3. The van der Waals surface area contributed by atoms with E-state index in [1.54, 1.807) is 0 Å². The van der Waals surface area contributed by atoms with E-state index in [2.05, 4.69) is 4.42 Å². The minimum absolute atomic E-state index is 0.215. The first-order valence-corrected chi connectivity index (χ1v) is 3.69. The van der Waals surface area contributed by atoms with Gasteiger partial charge in [0, 0.05) is 5.56 Å². The Labute approximate surface area is 82.6 Å². The number of carboxylic acid groups (broad SMARTS) is 3. The van der Waals surface area contributed by atoms with Crippen LogP contribution >= 0.6 is 0 Å². The molecule has 0 spiro atoms. The van der Waals surface area contributed by atoms with Crippen LogP contribution in [-0.4, -0.2) is 33.2 Å². The molecule has 3 N–H and O–H groups in total. The normalized spacial score (nSPS) is 9.93. The molecule has 7 heteroatoms. The molecular formula is C8H6O7. The van der Waals surface area contributed by atoms with Gasteiger partial charge in [-0.2, -0.15) is 0 Å². The second kappa shape index (κ2) is 3.45. The average Bonchev–Trinajstić information content (AvgIpc) is 2.42. The van der Waals surface area contributed by atoms with Crippen LogP contribution in [0.1, 0.15) is 37.0 Å². The molecule has 0 fully saturated rings. The molecule has 0 aliphatic carbocycles. The van der Waals surface area contributed by atoms with Crippen LogP contribution in [0.25, 0.3) is 0 Å². The van der Waals surface area contributed by atoms with Gasteiger partial charge >= 0.3 is 17.9 Å². The minimum Gasteiger partial charge on any atom is -0.478 e. The Morgan fingerprint density at radius 2 is 1.40 bits per heavy atom. The molecule has 1 heterocycles. The highest BCUT2D eigenvalue weighted by Gasteiger charge is 2.29. The zero-order valence-corrected chi connectivity index (χ0v) is 7.47. The van der Waals surface area contributed by atoms with Crippen LogP contribution in [0.4, 0.5) is 0 Å². The van der Waals surface area contributed by atoms with Gasteiger partial charge in [0.05, 0.1) is 0 Å². The van der Waals surface area contributed by atoms with Gasteiger partial charge in [0.2, 0.25) is 11.5 Å². The van der Waals surface area contributed by atoms with Crippen molar-refractivity contribution in [1.82, 2.24) is 0 Å². The number of hydrogen-bond acceptors (Lipinski definition) is 4. The van der Waals surface area contributed by atoms with E-state index >= 15 is 0 Å². The van der Waals surface area contributed by atoms with Crippen LogP contribution in [-0.2, 0) is 0 Å². The van der Waals surface area contributed by atoms with Crippen molar-refractivity contribution in [2.75, 3.05) is 0 Å². The van der Waals surface area contributed by atoms with Crippen LogP contribution in [0, 0.1) is 6.92 Å². The molecule has 0 aliphatic rings. The van der Waals surface area contributed by atoms with Crippen LogP contribution < -0.4 is 0 Å². The summed E-state index contributed by atoms with van der Waals surface area (Å²) >= 11 is 0. The third kappa shape index (κ3) is 1.66. The summed E-state index contributed by atoms with van der Waals surface area (Å²) in [6.07, 6.45) is 0. The Hall–Kier alpha value is -2.31. The zero-order chi connectivity index (χ0) is 11.7. The van der Waals surface area contributed by atoms with Gasteiger partial charge in [-0.1, -0.05) is 0 Å².